The van der Waals surface area contributed by atoms with E-state index in [2.05, 4.69) is 24.4 Å². The highest BCUT2D eigenvalue weighted by Crippen LogP contribution is 2.27. The highest BCUT2D eigenvalue weighted by atomic mass is 32.2. The standard InChI is InChI=1S/C15H15N5O4S/c1-16-25(21,22)20-10-3-5-11(6-4-10)24-15-12-7-8-13(23-2)19-14(12)17-9-18-15/h3-9,16,20H,1-2H3. The van der Waals surface area contributed by atoms with Gasteiger partial charge in [0.2, 0.25) is 11.8 Å². The Kier molecular flexibility index (Phi) is 4.63. The van der Waals surface area contributed by atoms with Crippen LogP contribution >= 0.6 is 0 Å². The van der Waals surface area contributed by atoms with Crippen molar-refractivity contribution in [3.63, 3.8) is 0 Å². The van der Waals surface area contributed by atoms with Crippen LogP contribution in [0.5, 0.6) is 17.5 Å². The Labute approximate surface area is 144 Å². The van der Waals surface area contributed by atoms with Gasteiger partial charge in [-0.2, -0.15) is 13.4 Å². The normalized spacial score (nSPS) is 11.3. The molecule has 0 aliphatic heterocycles. The Morgan fingerprint density at radius 1 is 1.04 bits per heavy atom. The number of nitrogens with one attached hydrogen (secondary N) is 2. The zero-order chi connectivity index (χ0) is 17.9. The number of benzene rings is 1. The molecule has 0 radical (unpaired) electrons. The fraction of sp³-hybridized carbons (Fsp3) is 0.133. The first-order valence-electron chi connectivity index (χ1n) is 7.16. The van der Waals surface area contributed by atoms with Gasteiger partial charge >= 0.3 is 0 Å². The predicted molar refractivity (Wildman–Crippen MR) is 92.0 cm³/mol. The van der Waals surface area contributed by atoms with Crippen molar-refractivity contribution in [1.82, 2.24) is 19.7 Å². The van der Waals surface area contributed by atoms with Crippen molar-refractivity contribution in [3.05, 3.63) is 42.7 Å². The van der Waals surface area contributed by atoms with Crippen LogP contribution in [-0.2, 0) is 10.2 Å². The molecule has 0 bridgehead atoms. The minimum absolute atomic E-state index is 0.337. The summed E-state index contributed by atoms with van der Waals surface area (Å²) in [6, 6.07) is 9.85. The van der Waals surface area contributed by atoms with Crippen molar-refractivity contribution in [2.45, 2.75) is 0 Å². The monoisotopic (exact) mass is 361 g/mol. The molecule has 3 rings (SSSR count). The first-order chi connectivity index (χ1) is 12.0. The zero-order valence-electron chi connectivity index (χ0n) is 13.4. The van der Waals surface area contributed by atoms with E-state index < -0.39 is 10.2 Å². The SMILES string of the molecule is CNS(=O)(=O)Nc1ccc(Oc2ncnc3nc(OC)ccc23)cc1. The lowest BCUT2D eigenvalue weighted by atomic mass is 10.3. The van der Waals surface area contributed by atoms with Crippen molar-refractivity contribution in [3.8, 4) is 17.5 Å². The lowest BCUT2D eigenvalue weighted by Crippen LogP contribution is -2.26. The second-order valence-corrected chi connectivity index (χ2v) is 6.46. The Morgan fingerprint density at radius 2 is 1.80 bits per heavy atom. The molecule has 130 valence electrons. The average molecular weight is 361 g/mol. The Balaban J connectivity index is 1.84. The van der Waals surface area contributed by atoms with E-state index in [4.69, 9.17) is 9.47 Å². The summed E-state index contributed by atoms with van der Waals surface area (Å²) < 4.78 is 38.3. The third-order valence-electron chi connectivity index (χ3n) is 3.23. The van der Waals surface area contributed by atoms with Crippen molar-refractivity contribution >= 4 is 26.9 Å². The lowest BCUT2D eigenvalue weighted by Gasteiger charge is -2.09. The van der Waals surface area contributed by atoms with Crippen LogP contribution in [0.4, 0.5) is 5.69 Å². The van der Waals surface area contributed by atoms with Gasteiger partial charge in [-0.3, -0.25) is 4.72 Å². The molecule has 2 N–H and O–H groups in total. The van der Waals surface area contributed by atoms with Crippen LogP contribution in [0.3, 0.4) is 0 Å². The summed E-state index contributed by atoms with van der Waals surface area (Å²) in [5.74, 6) is 1.27. The third-order valence-corrected chi connectivity index (χ3v) is 4.28. The number of anilines is 1. The molecule has 0 saturated heterocycles. The minimum atomic E-state index is -3.56. The Morgan fingerprint density at radius 3 is 2.48 bits per heavy atom. The molecule has 10 heteroatoms. The molecule has 9 nitrogen and oxygen atoms in total. The van der Waals surface area contributed by atoms with E-state index in [1.54, 1.807) is 36.4 Å². The van der Waals surface area contributed by atoms with Gasteiger partial charge in [-0.25, -0.2) is 14.7 Å². The molecule has 0 spiro atoms. The number of aromatic nitrogens is 3. The van der Waals surface area contributed by atoms with E-state index in [9.17, 15) is 8.42 Å². The number of nitrogens with zero attached hydrogens (tertiary/aromatic N) is 3. The quantitative estimate of drug-likeness (QED) is 0.686. The smallest absolute Gasteiger partial charge is 0.298 e. The van der Waals surface area contributed by atoms with Crippen LogP contribution in [0.25, 0.3) is 11.0 Å². The molecule has 0 atom stereocenters. The topological polar surface area (TPSA) is 115 Å². The minimum Gasteiger partial charge on any atom is -0.481 e. The summed E-state index contributed by atoms with van der Waals surface area (Å²) in [6.45, 7) is 0. The van der Waals surface area contributed by atoms with Crippen LogP contribution in [-0.4, -0.2) is 37.5 Å². The molecule has 1 aromatic carbocycles. The second-order valence-electron chi connectivity index (χ2n) is 4.84. The highest BCUT2D eigenvalue weighted by molar-refractivity contribution is 7.90. The van der Waals surface area contributed by atoms with E-state index in [0.29, 0.717) is 34.2 Å². The maximum Gasteiger partial charge on any atom is 0.298 e. The van der Waals surface area contributed by atoms with E-state index in [-0.39, 0.29) is 0 Å². The van der Waals surface area contributed by atoms with E-state index in [1.165, 1.54) is 20.5 Å². The molecule has 3 aromatic rings. The van der Waals surface area contributed by atoms with Crippen molar-refractivity contribution < 1.29 is 17.9 Å². The van der Waals surface area contributed by atoms with Gasteiger partial charge in [0.1, 0.15) is 12.1 Å². The maximum absolute atomic E-state index is 11.5. The number of ether oxygens (including phenoxy) is 2. The van der Waals surface area contributed by atoms with Gasteiger partial charge in [-0.05, 0) is 30.3 Å². The molecule has 0 aliphatic rings. The largest absolute Gasteiger partial charge is 0.481 e. The summed E-state index contributed by atoms with van der Waals surface area (Å²) in [5.41, 5.74) is 0.850. The summed E-state index contributed by atoms with van der Waals surface area (Å²) >= 11 is 0. The summed E-state index contributed by atoms with van der Waals surface area (Å²) in [5, 5.41) is 0.628. The molecule has 0 aliphatic carbocycles. The molecule has 0 saturated carbocycles. The molecule has 0 fully saturated rings. The molecular formula is C15H15N5O4S. The van der Waals surface area contributed by atoms with Crippen LogP contribution in [0.1, 0.15) is 0 Å². The highest BCUT2D eigenvalue weighted by Gasteiger charge is 2.10. The fourth-order valence-corrected chi connectivity index (χ4v) is 2.55. The molecule has 0 unspecified atom stereocenters. The molecule has 2 aromatic heterocycles. The number of hydrogen-bond donors (Lipinski definition) is 2. The van der Waals surface area contributed by atoms with Gasteiger partial charge in [0.05, 0.1) is 18.2 Å². The van der Waals surface area contributed by atoms with Crippen molar-refractivity contribution in [2.24, 2.45) is 0 Å². The molecule has 0 amide bonds. The molecule has 2 heterocycles. The van der Waals surface area contributed by atoms with Gasteiger partial charge in [0, 0.05) is 13.1 Å². The molecular weight excluding hydrogens is 346 g/mol. The molecule has 25 heavy (non-hydrogen) atoms. The van der Waals surface area contributed by atoms with Gasteiger partial charge in [-0.1, -0.05) is 0 Å². The van der Waals surface area contributed by atoms with Gasteiger partial charge in [-0.15, -0.1) is 0 Å². The summed E-state index contributed by atoms with van der Waals surface area (Å²) in [4.78, 5) is 12.4. The number of hydrogen-bond acceptors (Lipinski definition) is 7. The average Bonchev–Trinajstić information content (AvgIpc) is 2.63. The van der Waals surface area contributed by atoms with E-state index >= 15 is 0 Å². The van der Waals surface area contributed by atoms with Crippen molar-refractivity contribution in [2.75, 3.05) is 18.9 Å². The van der Waals surface area contributed by atoms with E-state index in [1.807, 2.05) is 0 Å². The second kappa shape index (κ2) is 6.87. The third kappa shape index (κ3) is 3.92. The van der Waals surface area contributed by atoms with Crippen LogP contribution in [0.15, 0.2) is 42.7 Å². The van der Waals surface area contributed by atoms with Gasteiger partial charge < -0.3 is 9.47 Å². The maximum atomic E-state index is 11.5. The zero-order valence-corrected chi connectivity index (χ0v) is 14.2. The fourth-order valence-electron chi connectivity index (χ4n) is 2.01. The first kappa shape index (κ1) is 16.9. The Bertz CT molecular complexity index is 992. The van der Waals surface area contributed by atoms with E-state index in [0.717, 1.165) is 0 Å². The number of rotatable bonds is 6. The Hall–Kier alpha value is -2.98. The van der Waals surface area contributed by atoms with Crippen LogP contribution in [0, 0.1) is 0 Å². The van der Waals surface area contributed by atoms with Gasteiger partial charge in [0.15, 0.2) is 5.65 Å². The lowest BCUT2D eigenvalue weighted by molar-refractivity contribution is 0.399. The summed E-state index contributed by atoms with van der Waals surface area (Å²) in [6.07, 6.45) is 1.35. The number of fused-ring (bicyclic) bond motifs is 1. The number of methoxy groups -OCH3 is 1. The van der Waals surface area contributed by atoms with Crippen molar-refractivity contribution in [1.29, 1.82) is 0 Å². The van der Waals surface area contributed by atoms with Gasteiger partial charge in [0.25, 0.3) is 10.2 Å². The van der Waals surface area contributed by atoms with Crippen LogP contribution in [0.2, 0.25) is 0 Å². The predicted octanol–water partition coefficient (Wildman–Crippen LogP) is 1.70. The first-order valence-corrected chi connectivity index (χ1v) is 8.64. The number of pyridine rings is 1. The summed E-state index contributed by atoms with van der Waals surface area (Å²) in [7, 11) is -0.714. The van der Waals surface area contributed by atoms with Crippen LogP contribution < -0.4 is 18.9 Å².